The van der Waals surface area contributed by atoms with Gasteiger partial charge >= 0.3 is 0 Å². The first-order valence-corrected chi connectivity index (χ1v) is 12.4. The maximum atomic E-state index is 12.6. The number of carbonyl (C=O) groups is 2. The van der Waals surface area contributed by atoms with Crippen molar-refractivity contribution >= 4 is 75.7 Å². The highest BCUT2D eigenvalue weighted by Gasteiger charge is 2.21. The zero-order valence-corrected chi connectivity index (χ0v) is 21.7. The third-order valence-corrected chi connectivity index (χ3v) is 6.54. The van der Waals surface area contributed by atoms with E-state index in [4.69, 9.17) is 46.4 Å². The van der Waals surface area contributed by atoms with E-state index in [0.717, 1.165) is 0 Å². The van der Waals surface area contributed by atoms with Gasteiger partial charge in [-0.05, 0) is 43.3 Å². The molecule has 1 aromatic heterocycles. The molecule has 1 atom stereocenters. The van der Waals surface area contributed by atoms with Gasteiger partial charge in [-0.25, -0.2) is 0 Å². The summed E-state index contributed by atoms with van der Waals surface area (Å²) in [4.78, 5) is 25.0. The van der Waals surface area contributed by atoms with E-state index in [9.17, 15) is 9.59 Å². The number of rotatable bonds is 9. The number of halogens is 4. The van der Waals surface area contributed by atoms with Crippen molar-refractivity contribution in [3.8, 4) is 0 Å². The standard InChI is InChI=1S/C22H19Cl4N5O2S/c1-3-8-31-20(12(2)27-21(33)13-4-6-14(23)7-5-13)29-30-22(31)34-11-18(32)28-19-16(25)9-15(24)10-17(19)26/h3-7,9-10,12H,1,8,11H2,2H3,(H,27,33)(H,28,32)/t12-/m0/s1. The van der Waals surface area contributed by atoms with Crippen molar-refractivity contribution in [2.24, 2.45) is 0 Å². The van der Waals surface area contributed by atoms with E-state index in [0.29, 0.717) is 33.1 Å². The molecule has 2 aromatic carbocycles. The average Bonchev–Trinajstić information content (AvgIpc) is 3.18. The van der Waals surface area contributed by atoms with Crippen LogP contribution in [-0.2, 0) is 11.3 Å². The van der Waals surface area contributed by atoms with Crippen LogP contribution in [0.2, 0.25) is 20.1 Å². The number of amides is 2. The minimum Gasteiger partial charge on any atom is -0.342 e. The fourth-order valence-corrected chi connectivity index (χ4v) is 4.73. The van der Waals surface area contributed by atoms with Gasteiger partial charge in [0.2, 0.25) is 5.91 Å². The Kier molecular flexibility index (Phi) is 9.27. The van der Waals surface area contributed by atoms with Gasteiger partial charge in [0.15, 0.2) is 11.0 Å². The fourth-order valence-electron chi connectivity index (χ4n) is 2.94. The van der Waals surface area contributed by atoms with E-state index in [-0.39, 0.29) is 33.3 Å². The molecule has 0 unspecified atom stereocenters. The number of aromatic nitrogens is 3. The summed E-state index contributed by atoms with van der Waals surface area (Å²) in [5.41, 5.74) is 0.752. The number of hydrogen-bond acceptors (Lipinski definition) is 5. The number of thioether (sulfide) groups is 1. The lowest BCUT2D eigenvalue weighted by atomic mass is 10.2. The summed E-state index contributed by atoms with van der Waals surface area (Å²) in [6.07, 6.45) is 1.68. The first-order valence-electron chi connectivity index (χ1n) is 9.87. The Morgan fingerprint density at radius 1 is 1.09 bits per heavy atom. The number of hydrogen-bond donors (Lipinski definition) is 2. The van der Waals surface area contributed by atoms with E-state index in [2.05, 4.69) is 27.4 Å². The minimum atomic E-state index is -0.453. The van der Waals surface area contributed by atoms with Crippen LogP contribution in [0.4, 0.5) is 5.69 Å². The molecule has 7 nitrogen and oxygen atoms in total. The monoisotopic (exact) mass is 557 g/mol. The number of benzene rings is 2. The zero-order chi connectivity index (χ0) is 24.8. The maximum absolute atomic E-state index is 12.6. The molecule has 0 bridgehead atoms. The fraction of sp³-hybridized carbons (Fsp3) is 0.182. The largest absolute Gasteiger partial charge is 0.342 e. The van der Waals surface area contributed by atoms with Crippen molar-refractivity contribution in [3.63, 3.8) is 0 Å². The molecule has 0 spiro atoms. The van der Waals surface area contributed by atoms with Gasteiger partial charge in [-0.15, -0.1) is 16.8 Å². The highest BCUT2D eigenvalue weighted by atomic mass is 35.5. The SMILES string of the molecule is C=CCn1c(SCC(=O)Nc2c(Cl)cc(Cl)cc2Cl)nnc1[C@H](C)NC(=O)c1ccc(Cl)cc1. The van der Waals surface area contributed by atoms with Gasteiger partial charge in [0.1, 0.15) is 0 Å². The van der Waals surface area contributed by atoms with Crippen molar-refractivity contribution in [1.82, 2.24) is 20.1 Å². The summed E-state index contributed by atoms with van der Waals surface area (Å²) in [7, 11) is 0. The molecule has 3 aromatic rings. The van der Waals surface area contributed by atoms with Gasteiger partial charge in [-0.3, -0.25) is 9.59 Å². The predicted octanol–water partition coefficient (Wildman–Crippen LogP) is 6.30. The van der Waals surface area contributed by atoms with E-state index >= 15 is 0 Å². The third kappa shape index (κ3) is 6.67. The van der Waals surface area contributed by atoms with E-state index in [1.54, 1.807) is 41.8 Å². The topological polar surface area (TPSA) is 88.9 Å². The summed E-state index contributed by atoms with van der Waals surface area (Å²) in [5.74, 6) is -0.0674. The Morgan fingerprint density at radius 3 is 2.35 bits per heavy atom. The van der Waals surface area contributed by atoms with Gasteiger partial charge < -0.3 is 15.2 Å². The van der Waals surface area contributed by atoms with E-state index in [1.165, 1.54) is 23.9 Å². The van der Waals surface area contributed by atoms with Crippen LogP contribution in [-0.4, -0.2) is 32.3 Å². The van der Waals surface area contributed by atoms with Gasteiger partial charge in [0, 0.05) is 22.2 Å². The summed E-state index contributed by atoms with van der Waals surface area (Å²) < 4.78 is 1.78. The first kappa shape index (κ1) is 26.4. The molecule has 12 heteroatoms. The molecule has 0 saturated carbocycles. The normalized spacial score (nSPS) is 11.7. The van der Waals surface area contributed by atoms with Crippen LogP contribution in [0, 0.1) is 0 Å². The Labute approximate surface area is 220 Å². The van der Waals surface area contributed by atoms with Crippen LogP contribution in [0.25, 0.3) is 0 Å². The van der Waals surface area contributed by atoms with Crippen molar-refractivity contribution < 1.29 is 9.59 Å². The second kappa shape index (κ2) is 12.0. The lowest BCUT2D eigenvalue weighted by Crippen LogP contribution is -2.28. The van der Waals surface area contributed by atoms with Crippen LogP contribution in [0.1, 0.15) is 29.1 Å². The molecule has 2 amide bonds. The summed E-state index contributed by atoms with van der Waals surface area (Å²) in [6.45, 7) is 5.95. The lowest BCUT2D eigenvalue weighted by Gasteiger charge is -2.15. The molecule has 0 aliphatic heterocycles. The molecule has 0 fully saturated rings. The van der Waals surface area contributed by atoms with Crippen molar-refractivity contribution in [2.75, 3.05) is 11.1 Å². The Morgan fingerprint density at radius 2 is 1.74 bits per heavy atom. The minimum absolute atomic E-state index is 0.0239. The van der Waals surface area contributed by atoms with Crippen molar-refractivity contribution in [3.05, 3.63) is 80.5 Å². The number of nitrogens with zero attached hydrogens (tertiary/aromatic N) is 3. The molecule has 178 valence electrons. The van der Waals surface area contributed by atoms with Crippen LogP contribution in [0.3, 0.4) is 0 Å². The molecule has 0 aliphatic rings. The van der Waals surface area contributed by atoms with E-state index in [1.807, 2.05) is 0 Å². The highest BCUT2D eigenvalue weighted by Crippen LogP contribution is 2.34. The van der Waals surface area contributed by atoms with Crippen molar-refractivity contribution in [1.29, 1.82) is 0 Å². The van der Waals surface area contributed by atoms with Crippen LogP contribution < -0.4 is 10.6 Å². The Hall–Kier alpha value is -2.23. The molecule has 0 saturated heterocycles. The van der Waals surface area contributed by atoms with Crippen molar-refractivity contribution in [2.45, 2.75) is 24.7 Å². The number of nitrogens with one attached hydrogen (secondary N) is 2. The maximum Gasteiger partial charge on any atom is 0.251 e. The van der Waals surface area contributed by atoms with Crippen LogP contribution >= 0.6 is 58.2 Å². The lowest BCUT2D eigenvalue weighted by molar-refractivity contribution is -0.113. The number of allylic oxidation sites excluding steroid dienone is 1. The second-order valence-corrected chi connectivity index (χ2v) is 9.65. The van der Waals surface area contributed by atoms with Gasteiger partial charge in [0.05, 0.1) is 27.5 Å². The van der Waals surface area contributed by atoms with Gasteiger partial charge in [-0.2, -0.15) is 0 Å². The molecule has 1 heterocycles. The van der Waals surface area contributed by atoms with Gasteiger partial charge in [0.25, 0.3) is 5.91 Å². The second-order valence-electron chi connectivity index (χ2n) is 7.02. The first-order chi connectivity index (χ1) is 16.2. The smallest absolute Gasteiger partial charge is 0.251 e. The predicted molar refractivity (Wildman–Crippen MR) is 138 cm³/mol. The highest BCUT2D eigenvalue weighted by molar-refractivity contribution is 7.99. The van der Waals surface area contributed by atoms with Crippen LogP contribution in [0.5, 0.6) is 0 Å². The molecule has 0 aliphatic carbocycles. The zero-order valence-electron chi connectivity index (χ0n) is 17.8. The van der Waals surface area contributed by atoms with Gasteiger partial charge in [-0.1, -0.05) is 64.2 Å². The molecular formula is C22H19Cl4N5O2S. The Bertz CT molecular complexity index is 1190. The summed E-state index contributed by atoms with van der Waals surface area (Å²) >= 11 is 25.2. The molecule has 3 rings (SSSR count). The molecular weight excluding hydrogens is 540 g/mol. The molecule has 0 radical (unpaired) electrons. The number of carbonyl (C=O) groups excluding carboxylic acids is 2. The third-order valence-electron chi connectivity index (χ3n) is 4.50. The molecule has 34 heavy (non-hydrogen) atoms. The average molecular weight is 559 g/mol. The van der Waals surface area contributed by atoms with Crippen LogP contribution in [0.15, 0.2) is 54.2 Å². The summed E-state index contributed by atoms with van der Waals surface area (Å²) in [6, 6.07) is 9.09. The summed E-state index contributed by atoms with van der Waals surface area (Å²) in [5, 5.41) is 15.8. The Balaban J connectivity index is 1.68. The quantitative estimate of drug-likeness (QED) is 0.237. The molecule has 2 N–H and O–H groups in total. The number of anilines is 1. The van der Waals surface area contributed by atoms with E-state index < -0.39 is 6.04 Å².